The Hall–Kier alpha value is -2.67. The Morgan fingerprint density at radius 1 is 0.967 bits per heavy atom. The molecule has 0 aliphatic carbocycles. The molecule has 1 fully saturated rings. The predicted molar refractivity (Wildman–Crippen MR) is 117 cm³/mol. The van der Waals surface area contributed by atoms with Crippen LogP contribution in [0.4, 0.5) is 10.1 Å². The molecule has 0 N–H and O–H groups in total. The molecule has 2 heterocycles. The molecular weight excluding hydrogens is 403 g/mol. The molecule has 4 rings (SSSR count). The van der Waals surface area contributed by atoms with E-state index in [9.17, 15) is 17.6 Å². The smallest absolute Gasteiger partial charge is 0.211 e. The Labute approximate surface area is 175 Å². The number of pyridine rings is 1. The number of aryl methyl sites for hydroxylation is 3. The minimum Gasteiger partial charge on any atom is -0.369 e. The first-order valence-electron chi connectivity index (χ1n) is 10.1. The number of aromatic nitrogens is 1. The van der Waals surface area contributed by atoms with Crippen LogP contribution in [0.15, 0.2) is 51.1 Å². The van der Waals surface area contributed by atoms with Gasteiger partial charge in [0.05, 0.1) is 21.5 Å². The molecule has 158 valence electrons. The molecule has 7 heteroatoms. The van der Waals surface area contributed by atoms with E-state index in [-0.39, 0.29) is 15.2 Å². The zero-order valence-corrected chi connectivity index (χ0v) is 18.2. The molecule has 1 aliphatic heterocycles. The van der Waals surface area contributed by atoms with Crippen molar-refractivity contribution in [2.45, 2.75) is 42.9 Å². The summed E-state index contributed by atoms with van der Waals surface area (Å²) in [4.78, 5) is 14.8. The zero-order valence-electron chi connectivity index (χ0n) is 17.4. The molecule has 2 aromatic carbocycles. The SMILES string of the molecule is Cc1ccc(S(=O)(=O)c2cn(C)c3cc(N4CCCCC4)c(F)cc3c2=O)cc1C. The quantitative estimate of drug-likeness (QED) is 0.630. The van der Waals surface area contributed by atoms with Gasteiger partial charge in [0, 0.05) is 26.3 Å². The number of anilines is 1. The van der Waals surface area contributed by atoms with Gasteiger partial charge in [-0.05, 0) is 68.5 Å². The molecule has 1 aromatic heterocycles. The largest absolute Gasteiger partial charge is 0.369 e. The molecule has 1 aliphatic rings. The number of sulfone groups is 1. The van der Waals surface area contributed by atoms with E-state index in [1.807, 2.05) is 18.7 Å². The second-order valence-corrected chi connectivity index (χ2v) is 9.97. The van der Waals surface area contributed by atoms with Gasteiger partial charge in [-0.1, -0.05) is 6.07 Å². The van der Waals surface area contributed by atoms with Crippen LogP contribution in [-0.2, 0) is 16.9 Å². The summed E-state index contributed by atoms with van der Waals surface area (Å²) in [6, 6.07) is 7.62. The lowest BCUT2D eigenvalue weighted by molar-refractivity contribution is 0.557. The van der Waals surface area contributed by atoms with Crippen molar-refractivity contribution >= 4 is 26.4 Å². The van der Waals surface area contributed by atoms with Gasteiger partial charge in [-0.25, -0.2) is 12.8 Å². The summed E-state index contributed by atoms with van der Waals surface area (Å²) in [5.41, 5.74) is 2.09. The second-order valence-electron chi connectivity index (χ2n) is 8.05. The highest BCUT2D eigenvalue weighted by Crippen LogP contribution is 2.29. The van der Waals surface area contributed by atoms with Crippen LogP contribution < -0.4 is 10.3 Å². The summed E-state index contributed by atoms with van der Waals surface area (Å²) in [5, 5.41) is 0.0701. The summed E-state index contributed by atoms with van der Waals surface area (Å²) in [6.45, 7) is 5.26. The molecule has 0 radical (unpaired) electrons. The topological polar surface area (TPSA) is 59.4 Å². The van der Waals surface area contributed by atoms with Gasteiger partial charge in [-0.3, -0.25) is 4.79 Å². The predicted octanol–water partition coefficient (Wildman–Crippen LogP) is 4.12. The molecule has 0 atom stereocenters. The fraction of sp³-hybridized carbons (Fsp3) is 0.348. The lowest BCUT2D eigenvalue weighted by atomic mass is 10.1. The van der Waals surface area contributed by atoms with Crippen molar-refractivity contribution < 1.29 is 12.8 Å². The van der Waals surface area contributed by atoms with Crippen LogP contribution in [0, 0.1) is 19.7 Å². The fourth-order valence-electron chi connectivity index (χ4n) is 4.04. The summed E-state index contributed by atoms with van der Waals surface area (Å²) >= 11 is 0. The molecule has 1 saturated heterocycles. The van der Waals surface area contributed by atoms with Crippen LogP contribution in [0.2, 0.25) is 0 Å². The third-order valence-corrected chi connectivity index (χ3v) is 7.74. The minimum absolute atomic E-state index is 0.0625. The van der Waals surface area contributed by atoms with Crippen LogP contribution in [0.5, 0.6) is 0 Å². The molecule has 3 aromatic rings. The Bertz CT molecular complexity index is 1310. The van der Waals surface area contributed by atoms with E-state index >= 15 is 0 Å². The minimum atomic E-state index is -4.03. The number of benzene rings is 2. The molecule has 0 spiro atoms. The maximum absolute atomic E-state index is 14.9. The second kappa shape index (κ2) is 7.54. The molecule has 0 amide bonds. The van der Waals surface area contributed by atoms with Crippen molar-refractivity contribution in [1.82, 2.24) is 4.57 Å². The molecular formula is C23H25FN2O3S. The number of nitrogens with zero attached hydrogens (tertiary/aromatic N) is 2. The first-order chi connectivity index (χ1) is 14.2. The number of rotatable bonds is 3. The molecule has 0 unspecified atom stereocenters. The van der Waals surface area contributed by atoms with Crippen molar-refractivity contribution in [2.75, 3.05) is 18.0 Å². The van der Waals surface area contributed by atoms with Gasteiger partial charge in [-0.2, -0.15) is 0 Å². The van der Waals surface area contributed by atoms with Crippen LogP contribution in [-0.4, -0.2) is 26.1 Å². The maximum atomic E-state index is 14.9. The van der Waals surface area contributed by atoms with E-state index in [2.05, 4.69) is 0 Å². The number of piperidine rings is 1. The highest BCUT2D eigenvalue weighted by Gasteiger charge is 2.25. The van der Waals surface area contributed by atoms with Crippen molar-refractivity contribution in [1.29, 1.82) is 0 Å². The van der Waals surface area contributed by atoms with E-state index in [0.717, 1.165) is 43.5 Å². The van der Waals surface area contributed by atoms with Gasteiger partial charge in [0.1, 0.15) is 10.7 Å². The summed E-state index contributed by atoms with van der Waals surface area (Å²) in [6.07, 6.45) is 4.48. The van der Waals surface area contributed by atoms with Crippen molar-refractivity contribution in [2.24, 2.45) is 7.05 Å². The number of fused-ring (bicyclic) bond motifs is 1. The standard InChI is InChI=1S/C23H25FN2O3S/c1-15-7-8-17(11-16(15)2)30(28,29)22-14-25(3)20-13-21(26-9-5-4-6-10-26)19(24)12-18(20)23(22)27/h7-8,11-14H,4-6,9-10H2,1-3H3. The molecule has 5 nitrogen and oxygen atoms in total. The normalized spacial score (nSPS) is 15.0. The molecule has 0 bridgehead atoms. The summed E-state index contributed by atoms with van der Waals surface area (Å²) < 4.78 is 42.9. The first kappa shape index (κ1) is 20.6. The van der Waals surface area contributed by atoms with E-state index in [1.54, 1.807) is 29.8 Å². The Morgan fingerprint density at radius 2 is 1.67 bits per heavy atom. The maximum Gasteiger partial charge on any atom is 0.211 e. The van der Waals surface area contributed by atoms with E-state index in [0.29, 0.717) is 11.2 Å². The van der Waals surface area contributed by atoms with Gasteiger partial charge < -0.3 is 9.47 Å². The van der Waals surface area contributed by atoms with Crippen molar-refractivity contribution in [3.63, 3.8) is 0 Å². The van der Waals surface area contributed by atoms with Crippen LogP contribution in [0.25, 0.3) is 10.9 Å². The average Bonchev–Trinajstić information content (AvgIpc) is 2.72. The zero-order chi connectivity index (χ0) is 21.6. The Kier molecular flexibility index (Phi) is 5.18. The average molecular weight is 429 g/mol. The van der Waals surface area contributed by atoms with Crippen molar-refractivity contribution in [3.05, 3.63) is 63.7 Å². The number of halogens is 1. The van der Waals surface area contributed by atoms with Crippen LogP contribution in [0.3, 0.4) is 0 Å². The van der Waals surface area contributed by atoms with Gasteiger partial charge in [0.2, 0.25) is 15.3 Å². The van der Waals surface area contributed by atoms with Gasteiger partial charge in [0.15, 0.2) is 0 Å². The highest BCUT2D eigenvalue weighted by atomic mass is 32.2. The fourth-order valence-corrected chi connectivity index (χ4v) is 5.52. The van der Waals surface area contributed by atoms with Gasteiger partial charge in [-0.15, -0.1) is 0 Å². The summed E-state index contributed by atoms with van der Waals surface area (Å²) in [7, 11) is -2.35. The van der Waals surface area contributed by atoms with E-state index in [1.165, 1.54) is 18.3 Å². The lowest BCUT2D eigenvalue weighted by Crippen LogP contribution is -2.30. The van der Waals surface area contributed by atoms with E-state index in [4.69, 9.17) is 0 Å². The molecule has 30 heavy (non-hydrogen) atoms. The monoisotopic (exact) mass is 428 g/mol. The number of hydrogen-bond donors (Lipinski definition) is 0. The summed E-state index contributed by atoms with van der Waals surface area (Å²) in [5.74, 6) is -0.498. The van der Waals surface area contributed by atoms with Crippen LogP contribution in [0.1, 0.15) is 30.4 Å². The van der Waals surface area contributed by atoms with E-state index < -0.39 is 21.1 Å². The van der Waals surface area contributed by atoms with Crippen molar-refractivity contribution in [3.8, 4) is 0 Å². The lowest BCUT2D eigenvalue weighted by Gasteiger charge is -2.29. The third kappa shape index (κ3) is 3.41. The Morgan fingerprint density at radius 3 is 2.33 bits per heavy atom. The van der Waals surface area contributed by atoms with Gasteiger partial charge >= 0.3 is 0 Å². The Balaban J connectivity index is 1.90. The van der Waals surface area contributed by atoms with Gasteiger partial charge in [0.25, 0.3) is 0 Å². The highest BCUT2D eigenvalue weighted by molar-refractivity contribution is 7.91. The number of hydrogen-bond acceptors (Lipinski definition) is 4. The third-order valence-electron chi connectivity index (χ3n) is 6.00. The molecule has 0 saturated carbocycles. The van der Waals surface area contributed by atoms with Crippen LogP contribution >= 0.6 is 0 Å². The first-order valence-corrected chi connectivity index (χ1v) is 11.6.